The molecule has 0 aliphatic heterocycles. The summed E-state index contributed by atoms with van der Waals surface area (Å²) in [6, 6.07) is -0.426. The Morgan fingerprint density at radius 2 is 1.94 bits per heavy atom. The number of carbonyl (C=O) groups excluding carboxylic acids is 1. The Kier molecular flexibility index (Phi) is 5.90. The van der Waals surface area contributed by atoms with Gasteiger partial charge in [0, 0.05) is 20.0 Å². The van der Waals surface area contributed by atoms with E-state index >= 15 is 0 Å². The third-order valence-electron chi connectivity index (χ3n) is 1.95. The van der Waals surface area contributed by atoms with Crippen LogP contribution in [0.2, 0.25) is 0 Å². The van der Waals surface area contributed by atoms with Gasteiger partial charge in [0.05, 0.1) is 12.1 Å². The molecular formula is C10H20N2O5. The second kappa shape index (κ2) is 6.41. The molecule has 0 unspecified atom stereocenters. The summed E-state index contributed by atoms with van der Waals surface area (Å²) < 4.78 is 0. The van der Waals surface area contributed by atoms with Crippen LogP contribution in [-0.4, -0.2) is 64.1 Å². The quantitative estimate of drug-likeness (QED) is 0.493. The smallest absolute Gasteiger partial charge is 0.332 e. The van der Waals surface area contributed by atoms with Crippen LogP contribution in [-0.2, 0) is 4.79 Å². The maximum absolute atomic E-state index is 11.4. The molecule has 0 bridgehead atoms. The summed E-state index contributed by atoms with van der Waals surface area (Å²) in [4.78, 5) is 23.0. The molecule has 7 nitrogen and oxygen atoms in total. The lowest BCUT2D eigenvalue weighted by molar-refractivity contribution is -0.146. The molecule has 0 aromatic rings. The zero-order valence-corrected chi connectivity index (χ0v) is 10.3. The van der Waals surface area contributed by atoms with E-state index in [4.69, 9.17) is 10.2 Å². The van der Waals surface area contributed by atoms with E-state index in [0.717, 1.165) is 0 Å². The van der Waals surface area contributed by atoms with Gasteiger partial charge in [0.25, 0.3) is 0 Å². The van der Waals surface area contributed by atoms with Crippen molar-refractivity contribution in [2.75, 3.05) is 20.1 Å². The summed E-state index contributed by atoms with van der Waals surface area (Å²) in [5, 5.41) is 29.3. The Morgan fingerprint density at radius 3 is 2.35 bits per heavy atom. The van der Waals surface area contributed by atoms with Gasteiger partial charge in [0.2, 0.25) is 0 Å². The van der Waals surface area contributed by atoms with Crippen LogP contribution in [0.5, 0.6) is 0 Å². The number of aliphatic hydroxyl groups excluding tert-OH is 1. The van der Waals surface area contributed by atoms with Crippen molar-refractivity contribution >= 4 is 12.0 Å². The number of nitrogens with zero attached hydrogens (tertiary/aromatic N) is 1. The number of hydrogen-bond acceptors (Lipinski definition) is 4. The Balaban J connectivity index is 3.91. The summed E-state index contributed by atoms with van der Waals surface area (Å²) in [5.41, 5.74) is -0.993. The van der Waals surface area contributed by atoms with Crippen molar-refractivity contribution in [2.45, 2.75) is 32.0 Å². The standard InChI is InChI=1S/C10H20N2O5/c1-10(2,17)6-12(3)9(16)11-5-4-7(13)8(14)15/h7,13,17H,4-6H2,1-3H3,(H,11,16)(H,14,15)/t7-/m0/s1. The Morgan fingerprint density at radius 1 is 1.41 bits per heavy atom. The third-order valence-corrected chi connectivity index (χ3v) is 1.95. The fraction of sp³-hybridized carbons (Fsp3) is 0.800. The molecule has 0 aromatic heterocycles. The predicted molar refractivity (Wildman–Crippen MR) is 60.6 cm³/mol. The molecule has 1 atom stereocenters. The molecule has 0 aliphatic carbocycles. The normalized spacial score (nSPS) is 13.0. The first kappa shape index (κ1) is 15.7. The molecule has 100 valence electrons. The average molecular weight is 248 g/mol. The fourth-order valence-corrected chi connectivity index (χ4v) is 1.23. The monoisotopic (exact) mass is 248 g/mol. The molecule has 0 fully saturated rings. The number of likely N-dealkylation sites (N-methyl/N-ethyl adjacent to an activating group) is 1. The van der Waals surface area contributed by atoms with Crippen LogP contribution in [0.25, 0.3) is 0 Å². The topological polar surface area (TPSA) is 110 Å². The second-order valence-electron chi connectivity index (χ2n) is 4.54. The maximum atomic E-state index is 11.4. The summed E-state index contributed by atoms with van der Waals surface area (Å²) in [5.74, 6) is -1.32. The second-order valence-corrected chi connectivity index (χ2v) is 4.54. The highest BCUT2D eigenvalue weighted by molar-refractivity contribution is 5.74. The third kappa shape index (κ3) is 7.53. The van der Waals surface area contributed by atoms with Crippen molar-refractivity contribution in [3.05, 3.63) is 0 Å². The van der Waals surface area contributed by atoms with E-state index in [1.54, 1.807) is 13.8 Å². The van der Waals surface area contributed by atoms with Crippen LogP contribution in [0.15, 0.2) is 0 Å². The number of rotatable bonds is 6. The van der Waals surface area contributed by atoms with Crippen molar-refractivity contribution in [1.82, 2.24) is 10.2 Å². The van der Waals surface area contributed by atoms with Gasteiger partial charge in [-0.05, 0) is 13.8 Å². The summed E-state index contributed by atoms with van der Waals surface area (Å²) in [6.07, 6.45) is -1.54. The van der Waals surface area contributed by atoms with Crippen LogP contribution in [0.1, 0.15) is 20.3 Å². The number of aliphatic carboxylic acids is 1. The Labute approximate surface area is 100 Å². The van der Waals surface area contributed by atoms with Gasteiger partial charge >= 0.3 is 12.0 Å². The minimum atomic E-state index is -1.48. The van der Waals surface area contributed by atoms with Gasteiger partial charge in [-0.2, -0.15) is 0 Å². The lowest BCUT2D eigenvalue weighted by atomic mass is 10.1. The molecule has 0 heterocycles. The Hall–Kier alpha value is -1.34. The van der Waals surface area contributed by atoms with E-state index in [0.29, 0.717) is 0 Å². The molecule has 0 rings (SSSR count). The van der Waals surface area contributed by atoms with Crippen molar-refractivity contribution in [3.63, 3.8) is 0 Å². The molecule has 0 saturated heterocycles. The summed E-state index contributed by atoms with van der Waals surface area (Å²) in [6.45, 7) is 3.36. The number of aliphatic hydroxyl groups is 2. The number of hydrogen-bond donors (Lipinski definition) is 4. The van der Waals surface area contributed by atoms with Crippen molar-refractivity contribution in [3.8, 4) is 0 Å². The van der Waals surface area contributed by atoms with Gasteiger partial charge in [-0.15, -0.1) is 0 Å². The van der Waals surface area contributed by atoms with Gasteiger partial charge in [0.1, 0.15) is 0 Å². The molecule has 0 aromatic carbocycles. The lowest BCUT2D eigenvalue weighted by Crippen LogP contribution is -2.45. The highest BCUT2D eigenvalue weighted by Crippen LogP contribution is 2.03. The first-order chi connectivity index (χ1) is 7.63. The molecule has 7 heteroatoms. The number of carboxylic acids is 1. The van der Waals surface area contributed by atoms with E-state index in [2.05, 4.69) is 5.32 Å². The highest BCUT2D eigenvalue weighted by Gasteiger charge is 2.19. The maximum Gasteiger partial charge on any atom is 0.332 e. The number of amides is 2. The van der Waals surface area contributed by atoms with Gasteiger partial charge < -0.3 is 25.5 Å². The zero-order chi connectivity index (χ0) is 13.6. The van der Waals surface area contributed by atoms with Crippen molar-refractivity contribution < 1.29 is 24.9 Å². The first-order valence-electron chi connectivity index (χ1n) is 5.25. The van der Waals surface area contributed by atoms with E-state index in [-0.39, 0.29) is 19.5 Å². The summed E-state index contributed by atoms with van der Waals surface area (Å²) in [7, 11) is 1.51. The van der Waals surface area contributed by atoms with E-state index in [1.165, 1.54) is 11.9 Å². The van der Waals surface area contributed by atoms with Gasteiger partial charge in [0.15, 0.2) is 6.10 Å². The van der Waals surface area contributed by atoms with E-state index in [1.807, 2.05) is 0 Å². The van der Waals surface area contributed by atoms with Gasteiger partial charge in [-0.1, -0.05) is 0 Å². The van der Waals surface area contributed by atoms with E-state index in [9.17, 15) is 14.7 Å². The Bertz CT molecular complexity index is 274. The SMILES string of the molecule is CN(CC(C)(C)O)C(=O)NCC[C@H](O)C(=O)O. The van der Waals surface area contributed by atoms with Gasteiger partial charge in [-0.3, -0.25) is 0 Å². The number of nitrogens with one attached hydrogen (secondary N) is 1. The molecule has 0 radical (unpaired) electrons. The minimum Gasteiger partial charge on any atom is -0.479 e. The molecule has 0 saturated carbocycles. The predicted octanol–water partition coefficient (Wildman–Crippen LogP) is -0.766. The zero-order valence-electron chi connectivity index (χ0n) is 10.3. The van der Waals surface area contributed by atoms with Crippen molar-refractivity contribution in [1.29, 1.82) is 0 Å². The molecule has 0 aliphatic rings. The summed E-state index contributed by atoms with van der Waals surface area (Å²) >= 11 is 0. The highest BCUT2D eigenvalue weighted by atomic mass is 16.4. The minimum absolute atomic E-state index is 0.0580. The van der Waals surface area contributed by atoms with Crippen LogP contribution in [0.3, 0.4) is 0 Å². The first-order valence-corrected chi connectivity index (χ1v) is 5.25. The van der Waals surface area contributed by atoms with Crippen LogP contribution >= 0.6 is 0 Å². The number of urea groups is 1. The molecule has 2 amide bonds. The number of carboxylic acid groups (broad SMARTS) is 1. The van der Waals surface area contributed by atoms with Crippen LogP contribution in [0.4, 0.5) is 4.79 Å². The molecule has 0 spiro atoms. The lowest BCUT2D eigenvalue weighted by Gasteiger charge is -2.25. The fourth-order valence-electron chi connectivity index (χ4n) is 1.23. The molecular weight excluding hydrogens is 228 g/mol. The van der Waals surface area contributed by atoms with Gasteiger partial charge in [-0.25, -0.2) is 9.59 Å². The van der Waals surface area contributed by atoms with Crippen LogP contribution in [0, 0.1) is 0 Å². The van der Waals surface area contributed by atoms with Crippen LogP contribution < -0.4 is 5.32 Å². The van der Waals surface area contributed by atoms with Crippen molar-refractivity contribution in [2.24, 2.45) is 0 Å². The molecule has 17 heavy (non-hydrogen) atoms. The average Bonchev–Trinajstić information content (AvgIpc) is 2.14. The number of carbonyl (C=O) groups is 2. The largest absolute Gasteiger partial charge is 0.479 e. The van der Waals surface area contributed by atoms with E-state index < -0.39 is 23.7 Å². The molecule has 4 N–H and O–H groups in total.